The van der Waals surface area contributed by atoms with Gasteiger partial charge in [-0.2, -0.15) is 0 Å². The van der Waals surface area contributed by atoms with E-state index in [0.29, 0.717) is 12.3 Å². The molecule has 0 unspecified atom stereocenters. The molecule has 0 spiro atoms. The Hall–Kier alpha value is -2.41. The highest BCUT2D eigenvalue weighted by atomic mass is 16.3. The lowest BCUT2D eigenvalue weighted by atomic mass is 10.3. The maximum Gasteiger partial charge on any atom is 0.286 e. The van der Waals surface area contributed by atoms with Crippen molar-refractivity contribution in [1.82, 2.24) is 20.2 Å². The molecule has 2 aromatic rings. The molecule has 2 aromatic heterocycles. The molecule has 3 heterocycles. The van der Waals surface area contributed by atoms with Gasteiger partial charge in [-0.3, -0.25) is 9.69 Å². The van der Waals surface area contributed by atoms with E-state index in [9.17, 15) is 4.79 Å². The van der Waals surface area contributed by atoms with Gasteiger partial charge in [0.15, 0.2) is 5.76 Å². The summed E-state index contributed by atoms with van der Waals surface area (Å²) in [4.78, 5) is 25.1. The van der Waals surface area contributed by atoms with Crippen LogP contribution in [-0.4, -0.2) is 60.0 Å². The number of piperazine rings is 1. The standard InChI is InChI=1S/C17H23N5O2/c1-14-4-5-15(24-14)16(23)18-8-3-9-21-10-12-22(13-11-21)17-19-6-2-7-20-17/h2,4-7H,3,8-13H2,1H3,(H,18,23). The van der Waals surface area contributed by atoms with Gasteiger partial charge in [-0.05, 0) is 38.1 Å². The van der Waals surface area contributed by atoms with Crippen LogP contribution in [0.4, 0.5) is 5.95 Å². The Bertz CT molecular complexity index is 650. The summed E-state index contributed by atoms with van der Waals surface area (Å²) in [5, 5.41) is 2.90. The van der Waals surface area contributed by atoms with Crippen LogP contribution >= 0.6 is 0 Å². The van der Waals surface area contributed by atoms with E-state index in [0.717, 1.165) is 50.9 Å². The molecule has 0 saturated carbocycles. The van der Waals surface area contributed by atoms with Crippen LogP contribution in [0.2, 0.25) is 0 Å². The second-order valence-electron chi connectivity index (χ2n) is 5.90. The summed E-state index contributed by atoms with van der Waals surface area (Å²) in [6.07, 6.45) is 4.48. The molecule has 0 aromatic carbocycles. The van der Waals surface area contributed by atoms with E-state index in [1.165, 1.54) is 0 Å². The summed E-state index contributed by atoms with van der Waals surface area (Å²) < 4.78 is 5.31. The van der Waals surface area contributed by atoms with Crippen molar-refractivity contribution in [3.05, 3.63) is 42.1 Å². The van der Waals surface area contributed by atoms with Crippen molar-refractivity contribution in [2.75, 3.05) is 44.2 Å². The maximum atomic E-state index is 11.9. The summed E-state index contributed by atoms with van der Waals surface area (Å²) in [6.45, 7) is 7.30. The zero-order valence-corrected chi connectivity index (χ0v) is 13.9. The number of amides is 1. The topological polar surface area (TPSA) is 74.5 Å². The first-order valence-electron chi connectivity index (χ1n) is 8.31. The fourth-order valence-electron chi connectivity index (χ4n) is 2.77. The van der Waals surface area contributed by atoms with Crippen LogP contribution in [0.3, 0.4) is 0 Å². The summed E-state index contributed by atoms with van der Waals surface area (Å²) in [6, 6.07) is 5.33. The van der Waals surface area contributed by atoms with E-state index in [-0.39, 0.29) is 5.91 Å². The number of hydrogen-bond donors (Lipinski definition) is 1. The van der Waals surface area contributed by atoms with Crippen LogP contribution in [0.5, 0.6) is 0 Å². The Labute approximate surface area is 141 Å². The molecule has 7 heteroatoms. The summed E-state index contributed by atoms with van der Waals surface area (Å²) in [7, 11) is 0. The lowest BCUT2D eigenvalue weighted by molar-refractivity contribution is 0.0922. The molecule has 1 amide bonds. The summed E-state index contributed by atoms with van der Waals surface area (Å²) in [5.74, 6) is 1.79. The van der Waals surface area contributed by atoms with Crippen LogP contribution < -0.4 is 10.2 Å². The third kappa shape index (κ3) is 4.32. The van der Waals surface area contributed by atoms with Crippen molar-refractivity contribution < 1.29 is 9.21 Å². The molecule has 1 saturated heterocycles. The molecule has 0 bridgehead atoms. The molecular weight excluding hydrogens is 306 g/mol. The Balaban J connectivity index is 1.33. The highest BCUT2D eigenvalue weighted by molar-refractivity contribution is 5.91. The Morgan fingerprint density at radius 3 is 2.62 bits per heavy atom. The largest absolute Gasteiger partial charge is 0.456 e. The minimum Gasteiger partial charge on any atom is -0.456 e. The summed E-state index contributed by atoms with van der Waals surface area (Å²) >= 11 is 0. The molecule has 3 rings (SSSR count). The summed E-state index contributed by atoms with van der Waals surface area (Å²) in [5.41, 5.74) is 0. The van der Waals surface area contributed by atoms with Crippen LogP contribution in [0.25, 0.3) is 0 Å². The van der Waals surface area contributed by atoms with Crippen molar-refractivity contribution in [1.29, 1.82) is 0 Å². The van der Waals surface area contributed by atoms with Crippen molar-refractivity contribution in [2.24, 2.45) is 0 Å². The predicted molar refractivity (Wildman–Crippen MR) is 91.1 cm³/mol. The first-order valence-corrected chi connectivity index (χ1v) is 8.31. The molecule has 128 valence electrons. The Kier molecular flexibility index (Phi) is 5.43. The number of nitrogens with zero attached hydrogens (tertiary/aromatic N) is 4. The Morgan fingerprint density at radius 1 is 1.21 bits per heavy atom. The van der Waals surface area contributed by atoms with Crippen LogP contribution in [0.1, 0.15) is 22.7 Å². The number of rotatable bonds is 6. The van der Waals surface area contributed by atoms with Gasteiger partial charge in [-0.15, -0.1) is 0 Å². The molecule has 1 N–H and O–H groups in total. The highest BCUT2D eigenvalue weighted by Gasteiger charge is 2.18. The number of hydrogen-bond acceptors (Lipinski definition) is 6. The van der Waals surface area contributed by atoms with Crippen molar-refractivity contribution in [3.8, 4) is 0 Å². The van der Waals surface area contributed by atoms with E-state index < -0.39 is 0 Å². The molecule has 24 heavy (non-hydrogen) atoms. The lowest BCUT2D eigenvalue weighted by Crippen LogP contribution is -2.47. The average molecular weight is 329 g/mol. The molecule has 0 aliphatic carbocycles. The predicted octanol–water partition coefficient (Wildman–Crippen LogP) is 1.32. The van der Waals surface area contributed by atoms with Gasteiger partial charge in [0.2, 0.25) is 5.95 Å². The Morgan fingerprint density at radius 2 is 1.96 bits per heavy atom. The van der Waals surface area contributed by atoms with Gasteiger partial charge >= 0.3 is 0 Å². The van der Waals surface area contributed by atoms with Gasteiger partial charge < -0.3 is 14.6 Å². The van der Waals surface area contributed by atoms with Crippen LogP contribution in [0.15, 0.2) is 35.0 Å². The first-order chi connectivity index (χ1) is 11.7. The fraction of sp³-hybridized carbons (Fsp3) is 0.471. The van der Waals surface area contributed by atoms with E-state index in [2.05, 4.69) is 25.1 Å². The number of carbonyl (C=O) groups excluding carboxylic acids is 1. The molecule has 1 aliphatic heterocycles. The third-order valence-electron chi connectivity index (χ3n) is 4.11. The maximum absolute atomic E-state index is 11.9. The van der Waals surface area contributed by atoms with Gasteiger partial charge in [-0.1, -0.05) is 0 Å². The zero-order chi connectivity index (χ0) is 16.8. The second kappa shape index (κ2) is 7.92. The zero-order valence-electron chi connectivity index (χ0n) is 13.9. The lowest BCUT2D eigenvalue weighted by Gasteiger charge is -2.34. The van der Waals surface area contributed by atoms with E-state index in [4.69, 9.17) is 4.42 Å². The molecule has 0 atom stereocenters. The molecule has 1 fully saturated rings. The van der Waals surface area contributed by atoms with Gasteiger partial charge in [0.1, 0.15) is 5.76 Å². The normalized spacial score (nSPS) is 15.5. The molecule has 1 aliphatic rings. The number of aryl methyl sites for hydroxylation is 1. The van der Waals surface area contributed by atoms with Crippen molar-refractivity contribution in [3.63, 3.8) is 0 Å². The first kappa shape index (κ1) is 16.4. The smallest absolute Gasteiger partial charge is 0.286 e. The van der Waals surface area contributed by atoms with Gasteiger partial charge in [0.25, 0.3) is 5.91 Å². The SMILES string of the molecule is Cc1ccc(C(=O)NCCCN2CCN(c3ncccn3)CC2)o1. The van der Waals surface area contributed by atoms with Gasteiger partial charge in [-0.25, -0.2) is 9.97 Å². The molecule has 7 nitrogen and oxygen atoms in total. The van der Waals surface area contributed by atoms with Gasteiger partial charge in [0, 0.05) is 45.1 Å². The van der Waals surface area contributed by atoms with E-state index in [1.54, 1.807) is 24.5 Å². The monoisotopic (exact) mass is 329 g/mol. The number of carbonyl (C=O) groups is 1. The van der Waals surface area contributed by atoms with E-state index in [1.807, 2.05) is 13.0 Å². The quantitative estimate of drug-likeness (QED) is 0.806. The highest BCUT2D eigenvalue weighted by Crippen LogP contribution is 2.10. The van der Waals surface area contributed by atoms with Crippen LogP contribution in [0, 0.1) is 6.92 Å². The van der Waals surface area contributed by atoms with E-state index >= 15 is 0 Å². The third-order valence-corrected chi connectivity index (χ3v) is 4.11. The number of aromatic nitrogens is 2. The van der Waals surface area contributed by atoms with Gasteiger partial charge in [0.05, 0.1) is 0 Å². The molecular formula is C17H23N5O2. The fourth-order valence-corrected chi connectivity index (χ4v) is 2.77. The van der Waals surface area contributed by atoms with Crippen molar-refractivity contribution >= 4 is 11.9 Å². The van der Waals surface area contributed by atoms with Crippen LogP contribution in [-0.2, 0) is 0 Å². The average Bonchev–Trinajstić information content (AvgIpc) is 3.06. The van der Waals surface area contributed by atoms with Crippen molar-refractivity contribution in [2.45, 2.75) is 13.3 Å². The number of nitrogens with one attached hydrogen (secondary N) is 1. The minimum absolute atomic E-state index is 0.144. The molecule has 0 radical (unpaired) electrons. The number of anilines is 1. The minimum atomic E-state index is -0.144. The number of furan rings is 1. The second-order valence-corrected chi connectivity index (χ2v) is 5.90.